The molecule has 0 heterocycles. The topological polar surface area (TPSA) is 237 Å². The third kappa shape index (κ3) is 60.1. The highest BCUT2D eigenvalue weighted by Gasteiger charge is 2.30. The zero-order valence-electron chi connectivity index (χ0n) is 56.6. The summed E-state index contributed by atoms with van der Waals surface area (Å²) in [7, 11) is -9.90. The Bertz CT molecular complexity index is 1730. The third-order valence-corrected chi connectivity index (χ3v) is 18.2. The minimum atomic E-state index is -4.95. The number of carbonyl (C=O) groups excluding carboxylic acids is 4. The molecule has 0 bridgehead atoms. The van der Waals surface area contributed by atoms with Gasteiger partial charge >= 0.3 is 39.5 Å². The van der Waals surface area contributed by atoms with E-state index in [1.807, 2.05) is 0 Å². The summed E-state index contributed by atoms with van der Waals surface area (Å²) in [5.41, 5.74) is 0. The molecule has 0 rings (SSSR count). The molecular formula is C68H132O17P2. The second-order valence-corrected chi connectivity index (χ2v) is 28.9. The lowest BCUT2D eigenvalue weighted by molar-refractivity contribution is -0.161. The molecule has 0 spiro atoms. The van der Waals surface area contributed by atoms with Gasteiger partial charge in [0.2, 0.25) is 0 Å². The molecule has 3 N–H and O–H groups in total. The van der Waals surface area contributed by atoms with Crippen LogP contribution in [0.1, 0.15) is 331 Å². The molecular weight excluding hydrogens is 1150 g/mol. The van der Waals surface area contributed by atoms with Gasteiger partial charge in [0.05, 0.1) is 26.4 Å². The molecule has 516 valence electrons. The smallest absolute Gasteiger partial charge is 0.462 e. The van der Waals surface area contributed by atoms with Crippen LogP contribution in [0.25, 0.3) is 0 Å². The van der Waals surface area contributed by atoms with E-state index < -0.39 is 97.5 Å². The fourth-order valence-electron chi connectivity index (χ4n) is 10.1. The highest BCUT2D eigenvalue weighted by molar-refractivity contribution is 7.47. The van der Waals surface area contributed by atoms with Crippen molar-refractivity contribution in [2.45, 2.75) is 350 Å². The first-order valence-electron chi connectivity index (χ1n) is 35.3. The molecule has 7 atom stereocenters. The van der Waals surface area contributed by atoms with Gasteiger partial charge < -0.3 is 33.8 Å². The summed E-state index contributed by atoms with van der Waals surface area (Å²) < 4.78 is 68.2. The van der Waals surface area contributed by atoms with Gasteiger partial charge in [-0.25, -0.2) is 9.13 Å². The summed E-state index contributed by atoms with van der Waals surface area (Å²) in [6, 6.07) is 0. The van der Waals surface area contributed by atoms with Crippen molar-refractivity contribution in [1.29, 1.82) is 0 Å². The van der Waals surface area contributed by atoms with E-state index >= 15 is 0 Å². The minimum absolute atomic E-state index is 0.103. The molecule has 0 aliphatic carbocycles. The number of phosphoric ester groups is 2. The molecule has 0 aromatic carbocycles. The van der Waals surface area contributed by atoms with Crippen molar-refractivity contribution in [1.82, 2.24) is 0 Å². The lowest BCUT2D eigenvalue weighted by atomic mass is 9.99. The molecule has 0 aliphatic heterocycles. The van der Waals surface area contributed by atoms with Gasteiger partial charge in [-0.1, -0.05) is 280 Å². The molecule has 0 aromatic heterocycles. The first-order valence-corrected chi connectivity index (χ1v) is 38.3. The highest BCUT2D eigenvalue weighted by atomic mass is 31.2. The minimum Gasteiger partial charge on any atom is -0.462 e. The van der Waals surface area contributed by atoms with Gasteiger partial charge in [0.15, 0.2) is 12.2 Å². The van der Waals surface area contributed by atoms with Crippen LogP contribution in [0.4, 0.5) is 0 Å². The van der Waals surface area contributed by atoms with Crippen LogP contribution in [0.5, 0.6) is 0 Å². The summed E-state index contributed by atoms with van der Waals surface area (Å²) in [6.45, 7) is 14.1. The predicted molar refractivity (Wildman–Crippen MR) is 349 cm³/mol. The van der Waals surface area contributed by atoms with Gasteiger partial charge in [0, 0.05) is 25.7 Å². The van der Waals surface area contributed by atoms with E-state index in [0.29, 0.717) is 25.7 Å². The second-order valence-electron chi connectivity index (χ2n) is 26.0. The quantitative estimate of drug-likeness (QED) is 0.0222. The van der Waals surface area contributed by atoms with Crippen LogP contribution in [-0.4, -0.2) is 96.7 Å². The van der Waals surface area contributed by atoms with Crippen molar-refractivity contribution in [2.75, 3.05) is 39.6 Å². The first-order chi connectivity index (χ1) is 41.7. The Balaban J connectivity index is 5.27. The summed E-state index contributed by atoms with van der Waals surface area (Å²) in [4.78, 5) is 72.4. The number of hydrogen-bond acceptors (Lipinski definition) is 15. The standard InChI is InChI=1S/C68H132O17P2/c1-9-60(7)46-38-30-22-17-19-23-32-40-48-65(70)78-54-63(84-67(72)50-42-34-24-15-13-11-12-14-20-28-36-44-58(3)4)56-82-86(74,75)80-52-62(69)53-81-87(76,77)83-57-64(55-79-66(71)49-41-33-27-26-31-39-47-61(8)10-2)85-68(73)51-43-35-25-18-16-21-29-37-45-59(5)6/h58-64,69H,9-57H2,1-8H3,(H,74,75)(H,76,77)/t60?,61?,62-,63-,64-/m1/s1. The fourth-order valence-corrected chi connectivity index (χ4v) is 11.7. The molecule has 4 unspecified atom stereocenters. The van der Waals surface area contributed by atoms with Crippen LogP contribution < -0.4 is 0 Å². The molecule has 17 nitrogen and oxygen atoms in total. The summed E-state index contributed by atoms with van der Waals surface area (Å²) in [5, 5.41) is 10.6. The van der Waals surface area contributed by atoms with Crippen molar-refractivity contribution >= 4 is 39.5 Å². The average Bonchev–Trinajstić information content (AvgIpc) is 3.56. The molecule has 0 aliphatic rings. The number of carbonyl (C=O) groups is 4. The Labute approximate surface area is 530 Å². The van der Waals surface area contributed by atoms with Crippen LogP contribution in [0.15, 0.2) is 0 Å². The summed E-state index contributed by atoms with van der Waals surface area (Å²) in [5.74, 6) is 0.857. The van der Waals surface area contributed by atoms with Gasteiger partial charge in [-0.3, -0.25) is 37.3 Å². The first kappa shape index (κ1) is 85.1. The maximum atomic E-state index is 13.0. The molecule has 0 aromatic rings. The van der Waals surface area contributed by atoms with Gasteiger partial charge in [-0.2, -0.15) is 0 Å². The van der Waals surface area contributed by atoms with E-state index in [1.165, 1.54) is 128 Å². The van der Waals surface area contributed by atoms with Crippen molar-refractivity contribution in [3.63, 3.8) is 0 Å². The van der Waals surface area contributed by atoms with Crippen LogP contribution in [-0.2, 0) is 65.4 Å². The van der Waals surface area contributed by atoms with Crippen LogP contribution in [0, 0.1) is 23.7 Å². The predicted octanol–water partition coefficient (Wildman–Crippen LogP) is 18.9. The maximum absolute atomic E-state index is 13.0. The zero-order valence-corrected chi connectivity index (χ0v) is 58.4. The van der Waals surface area contributed by atoms with E-state index in [1.54, 1.807) is 0 Å². The number of hydrogen-bond donors (Lipinski definition) is 3. The van der Waals surface area contributed by atoms with E-state index in [4.69, 9.17) is 37.0 Å². The molecule has 0 saturated heterocycles. The zero-order chi connectivity index (χ0) is 64.7. The van der Waals surface area contributed by atoms with E-state index in [9.17, 15) is 43.2 Å². The fraction of sp³-hybridized carbons (Fsp3) is 0.941. The monoisotopic (exact) mass is 1280 g/mol. The van der Waals surface area contributed by atoms with Crippen molar-refractivity contribution in [2.24, 2.45) is 23.7 Å². The largest absolute Gasteiger partial charge is 0.472 e. The Kier molecular flexibility index (Phi) is 56.6. The van der Waals surface area contributed by atoms with Crippen LogP contribution in [0.2, 0.25) is 0 Å². The molecule has 0 fully saturated rings. The number of aliphatic hydroxyl groups is 1. The number of phosphoric acid groups is 2. The summed E-state index contributed by atoms with van der Waals surface area (Å²) in [6.07, 6.45) is 38.9. The highest BCUT2D eigenvalue weighted by Crippen LogP contribution is 2.45. The maximum Gasteiger partial charge on any atom is 0.472 e. The second kappa shape index (κ2) is 57.9. The number of aliphatic hydroxyl groups excluding tert-OH is 1. The van der Waals surface area contributed by atoms with Gasteiger partial charge in [0.25, 0.3) is 0 Å². The van der Waals surface area contributed by atoms with E-state index in [2.05, 4.69) is 55.4 Å². The Hall–Kier alpha value is -1.94. The Morgan fingerprint density at radius 1 is 0.322 bits per heavy atom. The van der Waals surface area contributed by atoms with Crippen molar-refractivity contribution < 1.29 is 80.2 Å². The van der Waals surface area contributed by atoms with Gasteiger partial charge in [0.1, 0.15) is 19.3 Å². The number of rotatable bonds is 65. The van der Waals surface area contributed by atoms with Crippen LogP contribution in [0.3, 0.4) is 0 Å². The van der Waals surface area contributed by atoms with Crippen LogP contribution >= 0.6 is 15.6 Å². The van der Waals surface area contributed by atoms with Gasteiger partial charge in [-0.05, 0) is 49.4 Å². The molecule has 19 heteroatoms. The number of ether oxygens (including phenoxy) is 4. The summed E-state index contributed by atoms with van der Waals surface area (Å²) >= 11 is 0. The van der Waals surface area contributed by atoms with E-state index in [0.717, 1.165) is 120 Å². The molecule has 0 amide bonds. The lowest BCUT2D eigenvalue weighted by Gasteiger charge is -2.21. The Morgan fingerprint density at radius 3 is 0.816 bits per heavy atom. The van der Waals surface area contributed by atoms with Crippen molar-refractivity contribution in [3.05, 3.63) is 0 Å². The number of unbranched alkanes of at least 4 members (excludes halogenated alkanes) is 29. The van der Waals surface area contributed by atoms with Crippen molar-refractivity contribution in [3.8, 4) is 0 Å². The molecule has 87 heavy (non-hydrogen) atoms. The number of esters is 4. The average molecular weight is 1280 g/mol. The Morgan fingerprint density at radius 2 is 0.552 bits per heavy atom. The van der Waals surface area contributed by atoms with Gasteiger partial charge in [-0.15, -0.1) is 0 Å². The SMILES string of the molecule is CCC(C)CCCCCCCCCCC(=O)OC[C@H](COP(=O)(O)OC[C@@H](O)COP(=O)(O)OC[C@@H](COC(=O)CCCCCCCCC(C)CC)OC(=O)CCCCCCCCCCC(C)C)OC(=O)CCCCCCCCCCCCCC(C)C. The van der Waals surface area contributed by atoms with E-state index in [-0.39, 0.29) is 25.7 Å². The molecule has 0 saturated carbocycles. The lowest BCUT2D eigenvalue weighted by Crippen LogP contribution is -2.30. The normalized spacial score (nSPS) is 15.0. The molecule has 0 radical (unpaired) electrons. The third-order valence-electron chi connectivity index (χ3n) is 16.3.